The first-order chi connectivity index (χ1) is 8.67. The number of carbonyl (C=O) groups is 1. The summed E-state index contributed by atoms with van der Waals surface area (Å²) < 4.78 is 4.83. The molecule has 100 valence electrons. The Hall–Kier alpha value is -0.870. The lowest BCUT2D eigenvalue weighted by Gasteiger charge is -2.28. The lowest BCUT2D eigenvalue weighted by atomic mass is 9.93. The summed E-state index contributed by atoms with van der Waals surface area (Å²) in [6.45, 7) is 1.53. The largest absolute Gasteiger partial charge is 0.468 e. The van der Waals surface area contributed by atoms with E-state index in [1.807, 2.05) is 0 Å². The number of aliphatic hydroxyl groups is 1. The molecule has 5 atom stereocenters. The van der Waals surface area contributed by atoms with Crippen molar-refractivity contribution in [2.75, 3.05) is 20.2 Å². The van der Waals surface area contributed by atoms with Crippen molar-refractivity contribution in [2.45, 2.75) is 31.4 Å². The first-order valence-corrected chi connectivity index (χ1v) is 6.85. The fourth-order valence-corrected chi connectivity index (χ4v) is 3.87. The summed E-state index contributed by atoms with van der Waals surface area (Å²) in [4.78, 5) is 13.8. The average Bonchev–Trinajstić information content (AvgIpc) is 3.04. The lowest BCUT2D eigenvalue weighted by molar-refractivity contribution is -0.146. The molecule has 1 aliphatic heterocycles. The summed E-state index contributed by atoms with van der Waals surface area (Å²) in [5.74, 6) is 1.89. The minimum Gasteiger partial charge on any atom is -0.468 e. The van der Waals surface area contributed by atoms with Crippen LogP contribution in [0.25, 0.3) is 0 Å². The van der Waals surface area contributed by atoms with Gasteiger partial charge in [-0.2, -0.15) is 0 Å². The minimum atomic E-state index is -0.386. The minimum absolute atomic E-state index is 0.203. The number of esters is 1. The molecule has 5 unspecified atom stereocenters. The van der Waals surface area contributed by atoms with Crippen molar-refractivity contribution in [3.05, 3.63) is 12.2 Å². The van der Waals surface area contributed by atoms with Gasteiger partial charge in [0, 0.05) is 19.5 Å². The quantitative estimate of drug-likeness (QED) is 0.595. The molecule has 0 aromatic heterocycles. The zero-order chi connectivity index (χ0) is 12.7. The summed E-state index contributed by atoms with van der Waals surface area (Å²) in [6.07, 6.45) is 7.31. The van der Waals surface area contributed by atoms with E-state index in [-0.39, 0.29) is 18.1 Å². The molecule has 1 saturated carbocycles. The van der Waals surface area contributed by atoms with E-state index in [0.717, 1.165) is 12.5 Å². The van der Waals surface area contributed by atoms with Crippen LogP contribution in [0.2, 0.25) is 0 Å². The second kappa shape index (κ2) is 4.67. The Morgan fingerprint density at radius 2 is 2.22 bits per heavy atom. The van der Waals surface area contributed by atoms with Gasteiger partial charge in [-0.25, -0.2) is 0 Å². The van der Waals surface area contributed by atoms with Crippen LogP contribution in [-0.4, -0.2) is 48.3 Å². The first kappa shape index (κ1) is 12.2. The average molecular weight is 251 g/mol. The van der Waals surface area contributed by atoms with Crippen LogP contribution in [0.5, 0.6) is 0 Å². The Morgan fingerprint density at radius 3 is 2.83 bits per heavy atom. The smallest absolute Gasteiger partial charge is 0.323 e. The van der Waals surface area contributed by atoms with Gasteiger partial charge in [0.1, 0.15) is 6.04 Å². The second-order valence-electron chi connectivity index (χ2n) is 5.92. The van der Waals surface area contributed by atoms with Crippen LogP contribution in [-0.2, 0) is 9.53 Å². The molecule has 1 heterocycles. The van der Waals surface area contributed by atoms with Crippen LogP contribution in [0, 0.1) is 17.8 Å². The third kappa shape index (κ3) is 2.08. The number of hydrogen-bond acceptors (Lipinski definition) is 4. The Morgan fingerprint density at radius 1 is 1.39 bits per heavy atom. The number of carbonyl (C=O) groups excluding carboxylic acids is 1. The first-order valence-electron chi connectivity index (χ1n) is 6.85. The number of allylic oxidation sites excluding steroid dienone is 2. The summed E-state index contributed by atoms with van der Waals surface area (Å²) >= 11 is 0. The SMILES string of the molecule is COC(=O)C1CC(O)CN1CC1CC2C=CC1C2. The van der Waals surface area contributed by atoms with E-state index in [4.69, 9.17) is 4.74 Å². The molecule has 3 aliphatic rings. The maximum atomic E-state index is 11.7. The Labute approximate surface area is 108 Å². The zero-order valence-electron chi connectivity index (χ0n) is 10.8. The number of methoxy groups -OCH3 is 1. The molecule has 0 aromatic rings. The van der Waals surface area contributed by atoms with E-state index in [1.54, 1.807) is 0 Å². The van der Waals surface area contributed by atoms with Crippen molar-refractivity contribution in [2.24, 2.45) is 17.8 Å². The van der Waals surface area contributed by atoms with Crippen LogP contribution in [0.15, 0.2) is 12.2 Å². The molecule has 3 rings (SSSR count). The number of aliphatic hydroxyl groups excluding tert-OH is 1. The van der Waals surface area contributed by atoms with Gasteiger partial charge >= 0.3 is 5.97 Å². The Kier molecular flexibility index (Phi) is 3.16. The molecule has 2 aliphatic carbocycles. The molecule has 18 heavy (non-hydrogen) atoms. The Bertz CT molecular complexity index is 368. The Balaban J connectivity index is 1.64. The van der Waals surface area contributed by atoms with Gasteiger partial charge in [0.25, 0.3) is 0 Å². The molecular weight excluding hydrogens is 230 g/mol. The zero-order valence-corrected chi connectivity index (χ0v) is 10.8. The normalized spacial score (nSPS) is 42.7. The van der Waals surface area contributed by atoms with Gasteiger partial charge in [-0.05, 0) is 30.6 Å². The summed E-state index contributed by atoms with van der Waals surface area (Å²) in [5.41, 5.74) is 0. The van der Waals surface area contributed by atoms with Gasteiger partial charge in [-0.1, -0.05) is 12.2 Å². The van der Waals surface area contributed by atoms with Crippen molar-refractivity contribution >= 4 is 5.97 Å². The third-order valence-corrected chi connectivity index (χ3v) is 4.74. The summed E-state index contributed by atoms with van der Waals surface area (Å²) in [6, 6.07) is -0.242. The van der Waals surface area contributed by atoms with Gasteiger partial charge in [-0.15, -0.1) is 0 Å². The van der Waals surface area contributed by atoms with Gasteiger partial charge in [0.05, 0.1) is 13.2 Å². The highest BCUT2D eigenvalue weighted by atomic mass is 16.5. The second-order valence-corrected chi connectivity index (χ2v) is 5.92. The monoisotopic (exact) mass is 251 g/mol. The number of nitrogens with zero attached hydrogens (tertiary/aromatic N) is 1. The van der Waals surface area contributed by atoms with E-state index < -0.39 is 0 Å². The van der Waals surface area contributed by atoms with E-state index in [2.05, 4.69) is 17.1 Å². The molecule has 2 bridgehead atoms. The van der Waals surface area contributed by atoms with Gasteiger partial charge in [0.15, 0.2) is 0 Å². The topological polar surface area (TPSA) is 49.8 Å². The maximum Gasteiger partial charge on any atom is 0.323 e. The maximum absolute atomic E-state index is 11.7. The van der Waals surface area contributed by atoms with E-state index in [0.29, 0.717) is 24.8 Å². The predicted molar refractivity (Wildman–Crippen MR) is 66.8 cm³/mol. The van der Waals surface area contributed by atoms with Crippen molar-refractivity contribution < 1.29 is 14.6 Å². The molecule has 4 heteroatoms. The molecule has 2 fully saturated rings. The summed E-state index contributed by atoms with van der Waals surface area (Å²) in [7, 11) is 1.42. The number of hydrogen-bond donors (Lipinski definition) is 1. The third-order valence-electron chi connectivity index (χ3n) is 4.74. The van der Waals surface area contributed by atoms with E-state index >= 15 is 0 Å². The lowest BCUT2D eigenvalue weighted by Crippen LogP contribution is -2.40. The summed E-state index contributed by atoms with van der Waals surface area (Å²) in [5, 5.41) is 9.76. The van der Waals surface area contributed by atoms with Crippen LogP contribution < -0.4 is 0 Å². The molecule has 0 radical (unpaired) electrons. The standard InChI is InChI=1S/C14H21NO3/c1-18-14(17)13-6-12(16)8-15(13)7-11-5-9-2-3-10(11)4-9/h2-3,9-13,16H,4-8H2,1H3. The number of β-amino-alcohol motifs (C(OH)–C–C–N with tert-alkyl or cyclic N) is 1. The number of fused-ring (bicyclic) bond motifs is 2. The number of ether oxygens (including phenoxy) is 1. The fraction of sp³-hybridized carbons (Fsp3) is 0.786. The number of likely N-dealkylation sites (tertiary alicyclic amines) is 1. The van der Waals surface area contributed by atoms with E-state index in [1.165, 1.54) is 20.0 Å². The van der Waals surface area contributed by atoms with Gasteiger partial charge in [0.2, 0.25) is 0 Å². The highest BCUT2D eigenvalue weighted by Crippen LogP contribution is 2.44. The number of rotatable bonds is 3. The van der Waals surface area contributed by atoms with Crippen LogP contribution >= 0.6 is 0 Å². The molecule has 0 amide bonds. The van der Waals surface area contributed by atoms with E-state index in [9.17, 15) is 9.90 Å². The molecule has 0 aromatic carbocycles. The van der Waals surface area contributed by atoms with Crippen molar-refractivity contribution in [1.82, 2.24) is 4.90 Å². The molecule has 0 spiro atoms. The van der Waals surface area contributed by atoms with Crippen molar-refractivity contribution in [1.29, 1.82) is 0 Å². The van der Waals surface area contributed by atoms with Gasteiger partial charge in [-0.3, -0.25) is 9.69 Å². The molecule has 4 nitrogen and oxygen atoms in total. The van der Waals surface area contributed by atoms with Gasteiger partial charge < -0.3 is 9.84 Å². The highest BCUT2D eigenvalue weighted by molar-refractivity contribution is 5.76. The highest BCUT2D eigenvalue weighted by Gasteiger charge is 2.42. The molecule has 1 N–H and O–H groups in total. The fourth-order valence-electron chi connectivity index (χ4n) is 3.87. The molecular formula is C14H21NO3. The van der Waals surface area contributed by atoms with Crippen LogP contribution in [0.3, 0.4) is 0 Å². The van der Waals surface area contributed by atoms with Crippen molar-refractivity contribution in [3.8, 4) is 0 Å². The van der Waals surface area contributed by atoms with Crippen LogP contribution in [0.1, 0.15) is 19.3 Å². The van der Waals surface area contributed by atoms with Crippen molar-refractivity contribution in [3.63, 3.8) is 0 Å². The van der Waals surface area contributed by atoms with Crippen LogP contribution in [0.4, 0.5) is 0 Å². The molecule has 1 saturated heterocycles. The predicted octanol–water partition coefficient (Wildman–Crippen LogP) is 0.807.